The molecule has 2 aliphatic rings. The number of hydrogen-bond donors (Lipinski definition) is 1. The topological polar surface area (TPSA) is 175 Å². The molecule has 4 atom stereocenters. The first-order valence-corrected chi connectivity index (χ1v) is 17.8. The molecule has 20 heteroatoms. The van der Waals surface area contributed by atoms with E-state index in [0.717, 1.165) is 32.2 Å². The molecule has 0 saturated carbocycles. The van der Waals surface area contributed by atoms with Gasteiger partial charge in [0.2, 0.25) is 15.8 Å². The number of esters is 1. The monoisotopic (exact) mass is 770 g/mol. The van der Waals surface area contributed by atoms with E-state index in [4.69, 9.17) is 17.7 Å². The zero-order valence-corrected chi connectivity index (χ0v) is 28.2. The van der Waals surface area contributed by atoms with Crippen LogP contribution in [0.25, 0.3) is 10.4 Å². The van der Waals surface area contributed by atoms with Crippen LogP contribution >= 0.6 is 39.0 Å². The number of aromatic nitrogens is 2. The highest BCUT2D eigenvalue weighted by Crippen LogP contribution is 2.52. The molecule has 1 fully saturated rings. The Hall–Kier alpha value is -3.04. The highest BCUT2D eigenvalue weighted by Gasteiger charge is 2.60. The molecule has 4 heterocycles. The summed E-state index contributed by atoms with van der Waals surface area (Å²) < 4.78 is 68.7. The van der Waals surface area contributed by atoms with E-state index in [1.54, 1.807) is 30.0 Å². The number of rotatable bonds is 9. The van der Waals surface area contributed by atoms with Gasteiger partial charge in [-0.05, 0) is 30.9 Å². The lowest BCUT2D eigenvalue weighted by Gasteiger charge is -2.46. The third-order valence-electron chi connectivity index (χ3n) is 7.36. The number of fused-ring (bicyclic) bond motifs is 2. The van der Waals surface area contributed by atoms with Crippen molar-refractivity contribution in [3.63, 3.8) is 0 Å². The minimum atomic E-state index is -6.09. The lowest BCUT2D eigenvalue weighted by molar-refractivity contribution is -0.725. The minimum absolute atomic E-state index is 0.0518. The summed E-state index contributed by atoms with van der Waals surface area (Å²) in [6, 6.07) is 5.45. The van der Waals surface area contributed by atoms with Crippen molar-refractivity contribution in [3.8, 4) is 0 Å². The van der Waals surface area contributed by atoms with E-state index >= 15 is 0 Å². The largest absolute Gasteiger partial charge is 0.741 e. The van der Waals surface area contributed by atoms with E-state index in [1.807, 2.05) is 30.1 Å². The number of imidazole rings is 1. The van der Waals surface area contributed by atoms with Gasteiger partial charge in [-0.2, -0.15) is 17.6 Å². The molecule has 1 amide bonds. The Balaban J connectivity index is 0.000000533. The molecule has 5 rings (SSSR count). The molecule has 0 spiro atoms. The smallest absolute Gasteiger partial charge is 0.485 e. The number of nitrogens with zero attached hydrogens (tertiary/aromatic N) is 4. The molecule has 1 saturated heterocycles. The van der Waals surface area contributed by atoms with Gasteiger partial charge in [0.15, 0.2) is 10.1 Å². The van der Waals surface area contributed by atoms with Crippen LogP contribution in [-0.2, 0) is 37.6 Å². The van der Waals surface area contributed by atoms with E-state index < -0.39 is 38.5 Å². The lowest BCUT2D eigenvalue weighted by Crippen LogP contribution is -2.63. The number of carbonyl (C=O) groups is 2. The minimum Gasteiger partial charge on any atom is -0.741 e. The molecule has 250 valence electrons. The number of non-ortho nitro benzene ring substituents is 1. The predicted octanol–water partition coefficient (Wildman–Crippen LogP) is 3.68. The van der Waals surface area contributed by atoms with Crippen LogP contribution in [0.5, 0.6) is 0 Å². The Morgan fingerprint density at radius 1 is 1.30 bits per heavy atom. The average molecular weight is 772 g/mol. The zero-order chi connectivity index (χ0) is 34.3. The first-order chi connectivity index (χ1) is 21.4. The third kappa shape index (κ3) is 6.82. The number of aliphatic hydroxyl groups excluding tert-OH is 1. The van der Waals surface area contributed by atoms with Crippen molar-refractivity contribution in [1.82, 2.24) is 9.30 Å². The Labute approximate surface area is 276 Å². The zero-order valence-electron chi connectivity index (χ0n) is 24.1. The van der Waals surface area contributed by atoms with Crippen molar-refractivity contribution < 1.29 is 55.1 Å². The van der Waals surface area contributed by atoms with Crippen molar-refractivity contribution in [1.29, 1.82) is 0 Å². The molecular weight excluding hydrogens is 745 g/mol. The number of thiazole rings is 1. The maximum atomic E-state index is 13.5. The summed E-state index contributed by atoms with van der Waals surface area (Å²) in [7, 11) is -6.09. The van der Waals surface area contributed by atoms with Gasteiger partial charge >= 0.3 is 11.5 Å². The SMILES string of the molecule is CSc1c2sc(C3=C(C(=O)OCc4ccc([N+](=O)[O-])cc4)N4C(=O)[C@H]([C@@H](C)O)[C@H]4[C@H]3C)cn2c[n+]1CCBr.O=S(=O)([O-])C(F)(F)F. The average Bonchev–Trinajstić information content (AvgIpc) is 3.58. The van der Waals surface area contributed by atoms with Gasteiger partial charge in [0.25, 0.3) is 12.0 Å². The molecule has 46 heavy (non-hydrogen) atoms. The maximum Gasteiger partial charge on any atom is 0.485 e. The third-order valence-corrected chi connectivity index (χ3v) is 10.4. The van der Waals surface area contributed by atoms with Crippen LogP contribution in [0.3, 0.4) is 0 Å². The number of nitro benzene ring substituents is 1. The first-order valence-electron chi connectivity index (χ1n) is 13.2. The van der Waals surface area contributed by atoms with Crippen LogP contribution in [0.15, 0.2) is 47.5 Å². The van der Waals surface area contributed by atoms with Gasteiger partial charge < -0.3 is 19.3 Å². The number of carbonyl (C=O) groups excluding carboxylic acids is 2. The second-order valence-corrected chi connectivity index (χ2v) is 14.2. The molecule has 1 aromatic carbocycles. The number of aryl methyl sites for hydroxylation is 1. The molecule has 0 unspecified atom stereocenters. The standard InChI is InChI=1S/C25H26BrN4O6S2.CHF3O3S/c1-13-18(17-10-28-12-27(9-8-26)23(37-3)24(28)38-17)21(29-20(13)19(14(2)31)22(29)32)25(33)36-11-15-4-6-16(7-5-15)30(34)35;2-1(3,4)8(5,6)7/h4-7,10,12-14,19-20,31H,8-9,11H2,1-3H3;(H,5,6,7)/q+1;/p-1/t13-,14+,19+,20+;/m0./s1. The van der Waals surface area contributed by atoms with Gasteiger partial charge in [0, 0.05) is 29.0 Å². The summed E-state index contributed by atoms with van der Waals surface area (Å²) >= 11 is 6.70. The molecule has 0 radical (unpaired) electrons. The summed E-state index contributed by atoms with van der Waals surface area (Å²) in [6.45, 7) is 4.30. The molecule has 3 aromatic rings. The van der Waals surface area contributed by atoms with Gasteiger partial charge in [-0.25, -0.2) is 17.8 Å². The number of aliphatic hydroxyl groups is 1. The lowest BCUT2D eigenvalue weighted by atomic mass is 9.77. The molecule has 13 nitrogen and oxygen atoms in total. The summed E-state index contributed by atoms with van der Waals surface area (Å²) in [5.74, 6) is -1.71. The highest BCUT2D eigenvalue weighted by molar-refractivity contribution is 9.09. The number of halogens is 4. The number of benzene rings is 1. The van der Waals surface area contributed by atoms with Crippen LogP contribution < -0.4 is 4.57 Å². The number of hydrogen-bond acceptors (Lipinski definition) is 11. The Morgan fingerprint density at radius 2 is 1.91 bits per heavy atom. The van der Waals surface area contributed by atoms with E-state index in [2.05, 4.69) is 20.5 Å². The normalized spacial score (nSPS) is 20.2. The first kappa shape index (κ1) is 35.8. The summed E-state index contributed by atoms with van der Waals surface area (Å²) in [5, 5.41) is 23.1. The van der Waals surface area contributed by atoms with Gasteiger partial charge in [-0.3, -0.25) is 14.9 Å². The van der Waals surface area contributed by atoms with E-state index in [1.165, 1.54) is 29.2 Å². The van der Waals surface area contributed by atoms with Gasteiger partial charge in [0.05, 0.1) is 27.9 Å². The Bertz CT molecular complexity index is 1810. The highest BCUT2D eigenvalue weighted by atomic mass is 79.9. The molecule has 2 aromatic heterocycles. The predicted molar refractivity (Wildman–Crippen MR) is 162 cm³/mol. The fourth-order valence-corrected chi connectivity index (χ4v) is 7.91. The number of thioether (sulfide) groups is 1. The Kier molecular flexibility index (Phi) is 10.6. The number of β-lactam (4-membered cyclic amide) rings is 1. The molecule has 0 aliphatic carbocycles. The van der Waals surface area contributed by atoms with Crippen molar-refractivity contribution in [2.45, 2.75) is 49.7 Å². The molecule has 0 bridgehead atoms. The summed E-state index contributed by atoms with van der Waals surface area (Å²) in [5.41, 5.74) is -4.17. The van der Waals surface area contributed by atoms with Crippen molar-refractivity contribution in [2.24, 2.45) is 11.8 Å². The van der Waals surface area contributed by atoms with E-state index in [9.17, 15) is 38.0 Å². The second-order valence-electron chi connectivity index (χ2n) is 10.2. The molecule has 1 N–H and O–H groups in total. The summed E-state index contributed by atoms with van der Waals surface area (Å²) in [6.07, 6.45) is 5.19. The van der Waals surface area contributed by atoms with Gasteiger partial charge in [0.1, 0.15) is 25.0 Å². The maximum absolute atomic E-state index is 13.5. The quantitative estimate of drug-likeness (QED) is 0.0389. The van der Waals surface area contributed by atoms with Crippen LogP contribution in [-0.4, -0.2) is 73.4 Å². The van der Waals surface area contributed by atoms with Crippen LogP contribution in [0, 0.1) is 22.0 Å². The number of alkyl halides is 4. The second kappa shape index (κ2) is 13.6. The number of amides is 1. The number of nitro groups is 1. The van der Waals surface area contributed by atoms with Crippen LogP contribution in [0.1, 0.15) is 24.3 Å². The van der Waals surface area contributed by atoms with E-state index in [0.29, 0.717) is 5.56 Å². The molecule has 2 aliphatic heterocycles. The molecular formula is C26H26BrF3N4O9S3. The summed E-state index contributed by atoms with van der Waals surface area (Å²) in [4.78, 5) is 40.4. The number of ether oxygens (including phenoxy) is 1. The van der Waals surface area contributed by atoms with Crippen molar-refractivity contribution in [3.05, 3.63) is 63.0 Å². The Morgan fingerprint density at radius 3 is 2.41 bits per heavy atom. The van der Waals surface area contributed by atoms with Crippen LogP contribution in [0.4, 0.5) is 18.9 Å². The van der Waals surface area contributed by atoms with Crippen molar-refractivity contribution >= 4 is 77.1 Å². The van der Waals surface area contributed by atoms with Gasteiger partial charge in [-0.15, -0.1) is 0 Å². The van der Waals surface area contributed by atoms with Crippen molar-refractivity contribution in [2.75, 3.05) is 11.6 Å². The van der Waals surface area contributed by atoms with Gasteiger partial charge in [-0.1, -0.05) is 46.0 Å². The fraction of sp³-hybridized carbons (Fsp3) is 0.423. The fourth-order valence-electron chi connectivity index (χ4n) is 5.33. The van der Waals surface area contributed by atoms with Crippen LogP contribution in [0.2, 0.25) is 0 Å². The van der Waals surface area contributed by atoms with E-state index in [-0.39, 0.29) is 35.9 Å².